The predicted molar refractivity (Wildman–Crippen MR) is 91.2 cm³/mol. The van der Waals surface area contributed by atoms with E-state index < -0.39 is 5.97 Å². The Labute approximate surface area is 145 Å². The molecular formula is C18H18ClNO4. The Kier molecular flexibility index (Phi) is 6.63. The van der Waals surface area contributed by atoms with Gasteiger partial charge in [-0.3, -0.25) is 9.59 Å². The van der Waals surface area contributed by atoms with Crippen LogP contribution in [0.3, 0.4) is 0 Å². The molecule has 0 aliphatic rings. The Hall–Kier alpha value is -2.53. The summed E-state index contributed by atoms with van der Waals surface area (Å²) >= 11 is 5.98. The highest BCUT2D eigenvalue weighted by Crippen LogP contribution is 2.15. The topological polar surface area (TPSA) is 64.6 Å². The highest BCUT2D eigenvalue weighted by Gasteiger charge is 2.10. The van der Waals surface area contributed by atoms with Gasteiger partial charge in [0.1, 0.15) is 18.9 Å². The van der Waals surface area contributed by atoms with Gasteiger partial charge >= 0.3 is 5.97 Å². The lowest BCUT2D eigenvalue weighted by Gasteiger charge is -2.08. The third kappa shape index (κ3) is 5.28. The predicted octanol–water partition coefficient (Wildman–Crippen LogP) is 3.21. The Bertz CT molecular complexity index is 700. The van der Waals surface area contributed by atoms with Crippen molar-refractivity contribution >= 4 is 23.5 Å². The highest BCUT2D eigenvalue weighted by atomic mass is 35.5. The Morgan fingerprint density at radius 3 is 2.46 bits per heavy atom. The second-order valence-electron chi connectivity index (χ2n) is 4.89. The van der Waals surface area contributed by atoms with Gasteiger partial charge in [0.2, 0.25) is 0 Å². The fourth-order valence-electron chi connectivity index (χ4n) is 1.95. The van der Waals surface area contributed by atoms with E-state index in [0.717, 1.165) is 0 Å². The molecule has 2 aromatic rings. The zero-order chi connectivity index (χ0) is 17.4. The molecule has 2 rings (SSSR count). The van der Waals surface area contributed by atoms with Crippen LogP contribution in [0.2, 0.25) is 5.02 Å². The normalized spacial score (nSPS) is 10.1. The maximum Gasteiger partial charge on any atom is 0.325 e. The third-order valence-corrected chi connectivity index (χ3v) is 3.54. The minimum Gasteiger partial charge on any atom is -0.494 e. The van der Waals surface area contributed by atoms with Gasteiger partial charge < -0.3 is 14.8 Å². The van der Waals surface area contributed by atoms with Gasteiger partial charge in [-0.25, -0.2) is 0 Å². The summed E-state index contributed by atoms with van der Waals surface area (Å²) in [5.74, 6) is -0.199. The number of rotatable bonds is 7. The van der Waals surface area contributed by atoms with E-state index in [1.807, 2.05) is 13.0 Å². The van der Waals surface area contributed by atoms with E-state index in [1.165, 1.54) is 0 Å². The van der Waals surface area contributed by atoms with Crippen molar-refractivity contribution in [2.75, 3.05) is 13.2 Å². The van der Waals surface area contributed by atoms with Crippen LogP contribution in [-0.2, 0) is 16.1 Å². The lowest BCUT2D eigenvalue weighted by atomic mass is 10.2. The first kappa shape index (κ1) is 17.8. The number of hydrogen-bond donors (Lipinski definition) is 1. The first-order chi connectivity index (χ1) is 11.6. The summed E-state index contributed by atoms with van der Waals surface area (Å²) in [4.78, 5) is 23.7. The number of halogens is 1. The molecule has 5 nitrogen and oxygen atoms in total. The fraction of sp³-hybridized carbons (Fsp3) is 0.222. The van der Waals surface area contributed by atoms with Crippen molar-refractivity contribution in [1.82, 2.24) is 5.32 Å². The van der Waals surface area contributed by atoms with E-state index >= 15 is 0 Å². The Balaban J connectivity index is 1.78. The van der Waals surface area contributed by atoms with Gasteiger partial charge in [-0.1, -0.05) is 29.8 Å². The first-order valence-corrected chi connectivity index (χ1v) is 7.88. The molecule has 0 radical (unpaired) electrons. The molecule has 0 aliphatic carbocycles. The average Bonchev–Trinajstić information content (AvgIpc) is 2.60. The molecule has 24 heavy (non-hydrogen) atoms. The number of hydrogen-bond acceptors (Lipinski definition) is 4. The lowest BCUT2D eigenvalue weighted by Crippen LogP contribution is -2.30. The van der Waals surface area contributed by atoms with Crippen LogP contribution in [0.15, 0.2) is 48.5 Å². The smallest absolute Gasteiger partial charge is 0.325 e. The summed E-state index contributed by atoms with van der Waals surface area (Å²) in [5, 5.41) is 3.05. The van der Waals surface area contributed by atoms with E-state index in [4.69, 9.17) is 21.1 Å². The van der Waals surface area contributed by atoms with E-state index in [-0.39, 0.29) is 19.1 Å². The van der Waals surface area contributed by atoms with Gasteiger partial charge in [0.15, 0.2) is 0 Å². The lowest BCUT2D eigenvalue weighted by molar-refractivity contribution is -0.143. The van der Waals surface area contributed by atoms with Gasteiger partial charge in [-0.2, -0.15) is 0 Å². The van der Waals surface area contributed by atoms with E-state index in [1.54, 1.807) is 42.5 Å². The molecule has 6 heteroatoms. The van der Waals surface area contributed by atoms with Gasteiger partial charge in [-0.05, 0) is 37.3 Å². The van der Waals surface area contributed by atoms with Gasteiger partial charge in [0.05, 0.1) is 6.61 Å². The number of ether oxygens (including phenoxy) is 2. The molecule has 0 heterocycles. The van der Waals surface area contributed by atoms with Crippen molar-refractivity contribution in [2.45, 2.75) is 13.5 Å². The van der Waals surface area contributed by atoms with Crippen LogP contribution in [-0.4, -0.2) is 25.0 Å². The van der Waals surface area contributed by atoms with Crippen molar-refractivity contribution in [2.24, 2.45) is 0 Å². The van der Waals surface area contributed by atoms with Gasteiger partial charge in [0.25, 0.3) is 5.91 Å². The number of carbonyl (C=O) groups is 2. The van der Waals surface area contributed by atoms with Crippen molar-refractivity contribution in [3.05, 3.63) is 64.7 Å². The van der Waals surface area contributed by atoms with Gasteiger partial charge in [-0.15, -0.1) is 0 Å². The van der Waals surface area contributed by atoms with E-state index in [9.17, 15) is 9.59 Å². The maximum absolute atomic E-state index is 12.0. The van der Waals surface area contributed by atoms with E-state index in [2.05, 4.69) is 5.32 Å². The molecule has 0 saturated carbocycles. The number of nitrogens with one attached hydrogen (secondary N) is 1. The molecular weight excluding hydrogens is 330 g/mol. The summed E-state index contributed by atoms with van der Waals surface area (Å²) < 4.78 is 10.4. The molecule has 0 spiro atoms. The minimum absolute atomic E-state index is 0.0669. The molecule has 126 valence electrons. The molecule has 0 saturated heterocycles. The third-order valence-electron chi connectivity index (χ3n) is 3.17. The standard InChI is InChI=1S/C18H18ClNO4/c1-2-23-15-9-7-13(8-10-15)18(22)20-11-17(21)24-12-14-5-3-4-6-16(14)19/h3-10H,2,11-12H2,1H3,(H,20,22). The molecule has 0 bridgehead atoms. The molecule has 0 atom stereocenters. The Morgan fingerprint density at radius 2 is 1.79 bits per heavy atom. The van der Waals surface area contributed by atoms with Crippen molar-refractivity contribution in [3.63, 3.8) is 0 Å². The quantitative estimate of drug-likeness (QED) is 0.781. The zero-order valence-corrected chi connectivity index (χ0v) is 14.0. The first-order valence-electron chi connectivity index (χ1n) is 7.50. The summed E-state index contributed by atoms with van der Waals surface area (Å²) in [6.45, 7) is 2.30. The summed E-state index contributed by atoms with van der Waals surface area (Å²) in [5.41, 5.74) is 1.16. The van der Waals surface area contributed by atoms with Crippen molar-refractivity contribution in [3.8, 4) is 5.75 Å². The SMILES string of the molecule is CCOc1ccc(C(=O)NCC(=O)OCc2ccccc2Cl)cc1. The van der Waals surface area contributed by atoms with Crippen LogP contribution < -0.4 is 10.1 Å². The molecule has 0 unspecified atom stereocenters. The van der Waals surface area contributed by atoms with Crippen LogP contribution in [0.5, 0.6) is 5.75 Å². The van der Waals surface area contributed by atoms with Crippen molar-refractivity contribution in [1.29, 1.82) is 0 Å². The zero-order valence-electron chi connectivity index (χ0n) is 13.3. The summed E-state index contributed by atoms with van der Waals surface area (Å²) in [7, 11) is 0. The molecule has 2 aromatic carbocycles. The molecule has 0 aliphatic heterocycles. The summed E-state index contributed by atoms with van der Waals surface area (Å²) in [6.07, 6.45) is 0. The molecule has 1 amide bonds. The number of carbonyl (C=O) groups excluding carboxylic acids is 2. The van der Waals surface area contributed by atoms with Crippen LogP contribution in [0.25, 0.3) is 0 Å². The minimum atomic E-state index is -0.533. The maximum atomic E-state index is 12.0. The van der Waals surface area contributed by atoms with Gasteiger partial charge in [0, 0.05) is 16.1 Å². The van der Waals surface area contributed by atoms with Crippen LogP contribution >= 0.6 is 11.6 Å². The van der Waals surface area contributed by atoms with Crippen LogP contribution in [0.1, 0.15) is 22.8 Å². The monoisotopic (exact) mass is 347 g/mol. The fourth-order valence-corrected chi connectivity index (χ4v) is 2.14. The van der Waals surface area contributed by atoms with Crippen LogP contribution in [0.4, 0.5) is 0 Å². The Morgan fingerprint density at radius 1 is 1.08 bits per heavy atom. The second kappa shape index (κ2) is 8.93. The van der Waals surface area contributed by atoms with Crippen LogP contribution in [0, 0.1) is 0 Å². The molecule has 0 fully saturated rings. The largest absolute Gasteiger partial charge is 0.494 e. The highest BCUT2D eigenvalue weighted by molar-refractivity contribution is 6.31. The van der Waals surface area contributed by atoms with E-state index in [0.29, 0.717) is 28.5 Å². The summed E-state index contributed by atoms with van der Waals surface area (Å²) in [6, 6.07) is 13.8. The second-order valence-corrected chi connectivity index (χ2v) is 5.30. The molecule has 1 N–H and O–H groups in total. The number of amides is 1. The number of esters is 1. The number of benzene rings is 2. The van der Waals surface area contributed by atoms with Crippen molar-refractivity contribution < 1.29 is 19.1 Å². The molecule has 0 aromatic heterocycles. The average molecular weight is 348 g/mol.